The molecular weight excluding hydrogens is 539 g/mol. The van der Waals surface area contributed by atoms with E-state index in [2.05, 4.69) is 162 Å². The van der Waals surface area contributed by atoms with Crippen molar-refractivity contribution in [1.82, 2.24) is 0 Å². The molecule has 4 rings (SSSR count). The Morgan fingerprint density at radius 1 is 0.558 bits per heavy atom. The second kappa shape index (κ2) is 11.8. The zero-order valence-electron chi connectivity index (χ0n) is 29.5. The first kappa shape index (κ1) is 33.4. The summed E-state index contributed by atoms with van der Waals surface area (Å²) in [6.45, 7) is 32.5. The maximum absolute atomic E-state index is 3.75. The summed E-state index contributed by atoms with van der Waals surface area (Å²) < 4.78 is 0. The first-order valence-electron chi connectivity index (χ1n) is 16.2. The number of para-hydroxylation sites is 1. The summed E-state index contributed by atoms with van der Waals surface area (Å²) in [5.74, 6) is 3.75. The Morgan fingerprint density at radius 3 is 1.23 bits per heavy atom. The maximum atomic E-state index is 3.75. The second-order valence-electron chi connectivity index (χ2n) is 16.4. The molecule has 1 heterocycles. The van der Waals surface area contributed by atoms with Crippen molar-refractivity contribution in [2.75, 3.05) is 4.90 Å². The van der Waals surface area contributed by atoms with Crippen LogP contribution in [0, 0.1) is 5.88 Å². The summed E-state index contributed by atoms with van der Waals surface area (Å²) in [7, 11) is 0. The molecular formula is C41H55NS. The molecule has 0 saturated heterocycles. The number of rotatable bonds is 5. The number of nitrogens with zero attached hydrogens (tertiary/aromatic N) is 1. The third kappa shape index (κ3) is 7.11. The molecule has 0 aliphatic carbocycles. The zero-order chi connectivity index (χ0) is 32.1. The Balaban J connectivity index is 2.13. The van der Waals surface area contributed by atoms with Crippen LogP contribution in [-0.2, 0) is 21.7 Å². The van der Waals surface area contributed by atoms with Gasteiger partial charge < -0.3 is 4.90 Å². The molecule has 43 heavy (non-hydrogen) atoms. The van der Waals surface area contributed by atoms with E-state index in [0.717, 1.165) is 12.8 Å². The van der Waals surface area contributed by atoms with Gasteiger partial charge in [0.1, 0.15) is 0 Å². The summed E-state index contributed by atoms with van der Waals surface area (Å²) in [6, 6.07) is 21.5. The summed E-state index contributed by atoms with van der Waals surface area (Å²) in [5.41, 5.74) is 13.4. The van der Waals surface area contributed by atoms with Crippen molar-refractivity contribution >= 4 is 17.4 Å². The average molecular weight is 594 g/mol. The molecule has 0 spiro atoms. The minimum absolute atomic E-state index is 0.0437. The summed E-state index contributed by atoms with van der Waals surface area (Å²) in [4.78, 5) is 3.82. The number of hydrogen-bond acceptors (Lipinski definition) is 2. The average Bonchev–Trinajstić information content (AvgIpc) is 3.33. The standard InChI is InChI=1S/C41H55NS/c1-15-35-36(16-2)43-26-42(35)37-33(27-20-29(38(3,4)5)24-30(21-27)39(6,7)8)18-17-19-34(37)28-22-31(40(9,10)11)25-32(23-28)41(12,13)14/h17-25H,15-16H2,1-14H3. The van der Waals surface area contributed by atoms with E-state index in [1.54, 1.807) is 11.8 Å². The molecule has 230 valence electrons. The molecule has 1 aliphatic heterocycles. The molecule has 0 atom stereocenters. The number of thioether (sulfide) groups is 1. The molecule has 0 saturated carbocycles. The third-order valence-electron chi connectivity index (χ3n) is 8.72. The van der Waals surface area contributed by atoms with Crippen molar-refractivity contribution in [3.05, 3.63) is 93.3 Å². The van der Waals surface area contributed by atoms with Crippen LogP contribution in [0.1, 0.15) is 132 Å². The summed E-state index contributed by atoms with van der Waals surface area (Å²) in [5, 5.41) is 0. The van der Waals surface area contributed by atoms with Gasteiger partial charge in [-0.05, 0) is 67.9 Å². The number of anilines is 1. The van der Waals surface area contributed by atoms with Crippen LogP contribution in [0.2, 0.25) is 0 Å². The molecule has 0 bridgehead atoms. The second-order valence-corrected chi connectivity index (χ2v) is 17.3. The van der Waals surface area contributed by atoms with Crippen LogP contribution >= 0.6 is 11.8 Å². The fraction of sp³-hybridized carbons (Fsp3) is 0.488. The lowest BCUT2D eigenvalue weighted by Gasteiger charge is -2.30. The molecule has 1 nitrogen and oxygen atoms in total. The largest absolute Gasteiger partial charge is 0.321 e. The van der Waals surface area contributed by atoms with Crippen LogP contribution < -0.4 is 4.90 Å². The van der Waals surface area contributed by atoms with Crippen LogP contribution in [-0.4, -0.2) is 0 Å². The highest BCUT2D eigenvalue weighted by Gasteiger charge is 2.30. The SMILES string of the molecule is CCC1=C(CC)N(c2c(-c3cc(C(C)(C)C)cc(C(C)(C)C)c3)cccc2-c2cc(C(C)(C)C)cc(C(C)(C)C)c2)[C]S1. The van der Waals surface area contributed by atoms with Gasteiger partial charge in [-0.3, -0.25) is 0 Å². The molecule has 0 unspecified atom stereocenters. The molecule has 3 aromatic rings. The smallest absolute Gasteiger partial charge is 0.169 e. The van der Waals surface area contributed by atoms with E-state index >= 15 is 0 Å². The van der Waals surface area contributed by atoms with E-state index in [4.69, 9.17) is 0 Å². The molecule has 0 fully saturated rings. The number of benzene rings is 3. The predicted molar refractivity (Wildman–Crippen MR) is 193 cm³/mol. The molecule has 3 aromatic carbocycles. The number of allylic oxidation sites excluding steroid dienone is 2. The third-order valence-corrected chi connectivity index (χ3v) is 9.76. The monoisotopic (exact) mass is 593 g/mol. The molecule has 2 heteroatoms. The maximum Gasteiger partial charge on any atom is 0.169 e. The Hall–Kier alpha value is -2.45. The van der Waals surface area contributed by atoms with Gasteiger partial charge in [0.25, 0.3) is 0 Å². The quantitative estimate of drug-likeness (QED) is 0.289. The van der Waals surface area contributed by atoms with Crippen molar-refractivity contribution in [2.45, 2.75) is 131 Å². The zero-order valence-corrected chi connectivity index (χ0v) is 30.3. The van der Waals surface area contributed by atoms with E-state index in [0.29, 0.717) is 0 Å². The van der Waals surface area contributed by atoms with E-state index in [1.807, 2.05) is 0 Å². The highest BCUT2D eigenvalue weighted by Crippen LogP contribution is 2.50. The summed E-state index contributed by atoms with van der Waals surface area (Å²) in [6.07, 6.45) is 2.00. The van der Waals surface area contributed by atoms with Gasteiger partial charge in [0.2, 0.25) is 0 Å². The lowest BCUT2D eigenvalue weighted by atomic mass is 9.77. The number of hydrogen-bond donors (Lipinski definition) is 0. The molecule has 2 radical (unpaired) electrons. The van der Waals surface area contributed by atoms with Gasteiger partial charge in [0.05, 0.1) is 5.69 Å². The Bertz CT molecular complexity index is 1350. The van der Waals surface area contributed by atoms with E-state index < -0.39 is 0 Å². The van der Waals surface area contributed by atoms with Gasteiger partial charge in [-0.2, -0.15) is 0 Å². The molecule has 1 aliphatic rings. The Morgan fingerprint density at radius 2 is 0.930 bits per heavy atom. The fourth-order valence-corrected chi connectivity index (χ4v) is 6.60. The minimum Gasteiger partial charge on any atom is -0.321 e. The van der Waals surface area contributed by atoms with E-state index in [-0.39, 0.29) is 21.7 Å². The van der Waals surface area contributed by atoms with Crippen LogP contribution in [0.4, 0.5) is 5.69 Å². The van der Waals surface area contributed by atoms with Gasteiger partial charge in [0.15, 0.2) is 5.88 Å². The Labute approximate surface area is 268 Å². The minimum atomic E-state index is 0.0437. The van der Waals surface area contributed by atoms with Crippen LogP contribution in [0.25, 0.3) is 22.3 Å². The first-order valence-corrected chi connectivity index (χ1v) is 17.0. The first-order chi connectivity index (χ1) is 19.8. The fourth-order valence-electron chi connectivity index (χ4n) is 5.70. The lowest BCUT2D eigenvalue weighted by Crippen LogP contribution is -2.19. The highest BCUT2D eigenvalue weighted by molar-refractivity contribution is 8.05. The van der Waals surface area contributed by atoms with Crippen molar-refractivity contribution in [3.63, 3.8) is 0 Å². The predicted octanol–water partition coefficient (Wildman–Crippen LogP) is 12.8. The molecule has 0 aromatic heterocycles. The molecule has 0 N–H and O–H groups in total. The van der Waals surface area contributed by atoms with Crippen molar-refractivity contribution < 1.29 is 0 Å². The van der Waals surface area contributed by atoms with Gasteiger partial charge >= 0.3 is 0 Å². The van der Waals surface area contributed by atoms with Gasteiger partial charge in [-0.15, -0.1) is 0 Å². The topological polar surface area (TPSA) is 3.24 Å². The van der Waals surface area contributed by atoms with Crippen molar-refractivity contribution in [2.24, 2.45) is 0 Å². The van der Waals surface area contributed by atoms with Gasteiger partial charge in [0, 0.05) is 21.7 Å². The van der Waals surface area contributed by atoms with E-state index in [1.165, 1.54) is 60.8 Å². The van der Waals surface area contributed by atoms with Crippen LogP contribution in [0.5, 0.6) is 0 Å². The van der Waals surface area contributed by atoms with Gasteiger partial charge in [-0.1, -0.05) is 163 Å². The van der Waals surface area contributed by atoms with Crippen molar-refractivity contribution in [1.29, 1.82) is 0 Å². The van der Waals surface area contributed by atoms with Gasteiger partial charge in [-0.25, -0.2) is 0 Å². The molecule has 0 amide bonds. The van der Waals surface area contributed by atoms with Crippen LogP contribution in [0.3, 0.4) is 0 Å². The highest BCUT2D eigenvalue weighted by atomic mass is 32.2. The summed E-state index contributed by atoms with van der Waals surface area (Å²) >= 11 is 1.77. The van der Waals surface area contributed by atoms with E-state index in [9.17, 15) is 0 Å². The lowest BCUT2D eigenvalue weighted by molar-refractivity contribution is 0.568. The van der Waals surface area contributed by atoms with Crippen molar-refractivity contribution in [3.8, 4) is 22.3 Å². The van der Waals surface area contributed by atoms with Crippen LogP contribution in [0.15, 0.2) is 65.2 Å². The normalized spacial score (nSPS) is 15.1. The Kier molecular flexibility index (Phi) is 9.18.